The van der Waals surface area contributed by atoms with Gasteiger partial charge in [-0.1, -0.05) is 29.8 Å². The molecular weight excluding hydrogens is 288 g/mol. The number of aryl methyl sites for hydroxylation is 1. The number of benzene rings is 1. The zero-order valence-corrected chi connectivity index (χ0v) is 14.8. The van der Waals surface area contributed by atoms with Crippen molar-refractivity contribution in [1.82, 2.24) is 4.90 Å². The first kappa shape index (κ1) is 17.8. The Morgan fingerprint density at radius 1 is 1.26 bits per heavy atom. The molecule has 1 aromatic rings. The molecule has 23 heavy (non-hydrogen) atoms. The van der Waals surface area contributed by atoms with Gasteiger partial charge in [-0.15, -0.1) is 0 Å². The number of carbonyl (C=O) groups is 1. The number of likely N-dealkylation sites (tertiary alicyclic amines) is 1. The van der Waals surface area contributed by atoms with E-state index in [1.807, 2.05) is 25.7 Å². The van der Waals surface area contributed by atoms with Gasteiger partial charge in [0.2, 0.25) is 0 Å². The molecule has 0 aliphatic carbocycles. The van der Waals surface area contributed by atoms with Crippen molar-refractivity contribution in [2.45, 2.75) is 52.1 Å². The van der Waals surface area contributed by atoms with Crippen LogP contribution in [0.2, 0.25) is 0 Å². The predicted molar refractivity (Wildman–Crippen MR) is 93.5 cm³/mol. The second kappa shape index (κ2) is 7.35. The van der Waals surface area contributed by atoms with Crippen LogP contribution in [0.25, 0.3) is 0 Å². The Labute approximate surface area is 140 Å². The maximum absolute atomic E-state index is 12.1. The van der Waals surface area contributed by atoms with Crippen molar-refractivity contribution in [1.29, 1.82) is 0 Å². The van der Waals surface area contributed by atoms with Crippen molar-refractivity contribution in [3.63, 3.8) is 0 Å². The Hall–Kier alpha value is -1.55. The highest BCUT2D eigenvalue weighted by Crippen LogP contribution is 2.32. The first-order valence-electron chi connectivity index (χ1n) is 8.54. The molecule has 1 amide bonds. The van der Waals surface area contributed by atoms with Crippen molar-refractivity contribution in [2.24, 2.45) is 11.7 Å². The summed E-state index contributed by atoms with van der Waals surface area (Å²) in [5, 5.41) is 0. The molecule has 1 aromatic carbocycles. The van der Waals surface area contributed by atoms with Crippen molar-refractivity contribution in [3.8, 4) is 0 Å². The maximum atomic E-state index is 12.1. The van der Waals surface area contributed by atoms with E-state index in [1.165, 1.54) is 11.1 Å². The van der Waals surface area contributed by atoms with E-state index in [0.29, 0.717) is 18.4 Å². The van der Waals surface area contributed by atoms with E-state index in [2.05, 4.69) is 31.2 Å². The summed E-state index contributed by atoms with van der Waals surface area (Å²) >= 11 is 0. The van der Waals surface area contributed by atoms with Crippen molar-refractivity contribution >= 4 is 6.09 Å². The van der Waals surface area contributed by atoms with Gasteiger partial charge < -0.3 is 15.4 Å². The van der Waals surface area contributed by atoms with Gasteiger partial charge in [-0.2, -0.15) is 0 Å². The molecular formula is C19H30N2O2. The Morgan fingerprint density at radius 3 is 2.30 bits per heavy atom. The highest BCUT2D eigenvalue weighted by atomic mass is 16.6. The molecule has 128 valence electrons. The molecule has 1 atom stereocenters. The van der Waals surface area contributed by atoms with Crippen molar-refractivity contribution < 1.29 is 9.53 Å². The Balaban J connectivity index is 1.94. The topological polar surface area (TPSA) is 55.6 Å². The highest BCUT2D eigenvalue weighted by molar-refractivity contribution is 5.68. The Bertz CT molecular complexity index is 511. The van der Waals surface area contributed by atoms with Crippen LogP contribution in [0.15, 0.2) is 24.3 Å². The number of ether oxygens (including phenoxy) is 1. The molecule has 1 saturated heterocycles. The molecule has 4 heteroatoms. The summed E-state index contributed by atoms with van der Waals surface area (Å²) in [5.41, 5.74) is 8.19. The minimum atomic E-state index is -0.435. The number of rotatable bonds is 3. The number of amides is 1. The molecule has 1 fully saturated rings. The zero-order chi connectivity index (χ0) is 17.0. The van der Waals surface area contributed by atoms with E-state index in [-0.39, 0.29) is 6.09 Å². The van der Waals surface area contributed by atoms with Crippen LogP contribution in [0, 0.1) is 12.8 Å². The van der Waals surface area contributed by atoms with Crippen LogP contribution in [0.5, 0.6) is 0 Å². The average molecular weight is 318 g/mol. The SMILES string of the molecule is Cc1ccc(C(CN)C2CCN(C(=O)OC(C)(C)C)CC2)cc1. The number of nitrogens with zero attached hydrogens (tertiary/aromatic N) is 1. The molecule has 0 radical (unpaired) electrons. The average Bonchev–Trinajstić information content (AvgIpc) is 2.49. The molecule has 1 aliphatic heterocycles. The van der Waals surface area contributed by atoms with Gasteiger partial charge in [0, 0.05) is 13.1 Å². The standard InChI is InChI=1S/C19H30N2O2/c1-14-5-7-15(8-6-14)17(13-20)16-9-11-21(12-10-16)18(22)23-19(2,3)4/h5-8,16-17H,9-13,20H2,1-4H3. The molecule has 0 aromatic heterocycles. The molecule has 0 saturated carbocycles. The van der Waals surface area contributed by atoms with Crippen LogP contribution in [-0.4, -0.2) is 36.2 Å². The van der Waals surface area contributed by atoms with E-state index in [1.54, 1.807) is 0 Å². The van der Waals surface area contributed by atoms with E-state index < -0.39 is 5.60 Å². The molecule has 2 N–H and O–H groups in total. The largest absolute Gasteiger partial charge is 0.444 e. The van der Waals surface area contributed by atoms with Gasteiger partial charge in [0.1, 0.15) is 5.60 Å². The lowest BCUT2D eigenvalue weighted by Crippen LogP contribution is -2.43. The maximum Gasteiger partial charge on any atom is 0.410 e. The number of hydrogen-bond donors (Lipinski definition) is 1. The Kier molecular flexibility index (Phi) is 5.69. The van der Waals surface area contributed by atoms with Crippen LogP contribution >= 0.6 is 0 Å². The van der Waals surface area contributed by atoms with Gasteiger partial charge in [0.05, 0.1) is 0 Å². The summed E-state index contributed by atoms with van der Waals surface area (Å²) in [6.45, 7) is 9.96. The van der Waals surface area contributed by atoms with Gasteiger partial charge >= 0.3 is 6.09 Å². The van der Waals surface area contributed by atoms with Crippen molar-refractivity contribution in [2.75, 3.05) is 19.6 Å². The van der Waals surface area contributed by atoms with Gasteiger partial charge in [0.25, 0.3) is 0 Å². The number of hydrogen-bond acceptors (Lipinski definition) is 3. The second-order valence-electron chi connectivity index (χ2n) is 7.56. The summed E-state index contributed by atoms with van der Waals surface area (Å²) < 4.78 is 5.46. The number of piperidine rings is 1. The van der Waals surface area contributed by atoms with Crippen LogP contribution in [-0.2, 0) is 4.74 Å². The fraction of sp³-hybridized carbons (Fsp3) is 0.632. The molecule has 1 aliphatic rings. The lowest BCUT2D eigenvalue weighted by atomic mass is 9.80. The first-order chi connectivity index (χ1) is 10.8. The summed E-state index contributed by atoms with van der Waals surface area (Å²) in [6.07, 6.45) is 1.76. The molecule has 1 heterocycles. The fourth-order valence-corrected chi connectivity index (χ4v) is 3.23. The van der Waals surface area contributed by atoms with Gasteiger partial charge in [-0.25, -0.2) is 4.79 Å². The van der Waals surface area contributed by atoms with E-state index in [9.17, 15) is 4.79 Å². The molecule has 2 rings (SSSR count). The zero-order valence-electron chi connectivity index (χ0n) is 14.8. The molecule has 4 nitrogen and oxygen atoms in total. The molecule has 0 bridgehead atoms. The highest BCUT2D eigenvalue weighted by Gasteiger charge is 2.30. The van der Waals surface area contributed by atoms with Gasteiger partial charge in [0.15, 0.2) is 0 Å². The van der Waals surface area contributed by atoms with E-state index in [4.69, 9.17) is 10.5 Å². The predicted octanol–water partition coefficient (Wildman–Crippen LogP) is 3.68. The van der Waals surface area contributed by atoms with E-state index >= 15 is 0 Å². The molecule has 0 spiro atoms. The van der Waals surface area contributed by atoms with E-state index in [0.717, 1.165) is 25.9 Å². The molecule has 1 unspecified atom stereocenters. The van der Waals surface area contributed by atoms with Crippen LogP contribution in [0.4, 0.5) is 4.79 Å². The summed E-state index contributed by atoms with van der Waals surface area (Å²) in [4.78, 5) is 14.0. The first-order valence-corrected chi connectivity index (χ1v) is 8.54. The summed E-state index contributed by atoms with van der Waals surface area (Å²) in [7, 11) is 0. The third-order valence-electron chi connectivity index (χ3n) is 4.52. The summed E-state index contributed by atoms with van der Waals surface area (Å²) in [6, 6.07) is 8.67. The number of carbonyl (C=O) groups excluding carboxylic acids is 1. The smallest absolute Gasteiger partial charge is 0.410 e. The lowest BCUT2D eigenvalue weighted by molar-refractivity contribution is 0.0175. The second-order valence-corrected chi connectivity index (χ2v) is 7.56. The third kappa shape index (κ3) is 4.96. The lowest BCUT2D eigenvalue weighted by Gasteiger charge is -2.36. The normalized spacial score (nSPS) is 17.9. The monoisotopic (exact) mass is 318 g/mol. The van der Waals surface area contributed by atoms with Gasteiger partial charge in [-0.3, -0.25) is 0 Å². The van der Waals surface area contributed by atoms with Gasteiger partial charge in [-0.05, 0) is 64.5 Å². The minimum Gasteiger partial charge on any atom is -0.444 e. The third-order valence-corrected chi connectivity index (χ3v) is 4.52. The number of nitrogens with two attached hydrogens (primary N) is 1. The van der Waals surface area contributed by atoms with Crippen LogP contribution in [0.1, 0.15) is 50.7 Å². The van der Waals surface area contributed by atoms with Crippen molar-refractivity contribution in [3.05, 3.63) is 35.4 Å². The quantitative estimate of drug-likeness (QED) is 0.925. The Morgan fingerprint density at radius 2 is 1.83 bits per heavy atom. The summed E-state index contributed by atoms with van der Waals surface area (Å²) in [5.74, 6) is 0.901. The van der Waals surface area contributed by atoms with Crippen LogP contribution in [0.3, 0.4) is 0 Å². The van der Waals surface area contributed by atoms with Crippen LogP contribution < -0.4 is 5.73 Å². The fourth-order valence-electron chi connectivity index (χ4n) is 3.23. The minimum absolute atomic E-state index is 0.199.